The molecule has 1 unspecified atom stereocenters. The van der Waals surface area contributed by atoms with Crippen LogP contribution >= 0.6 is 6.72 Å². The average Bonchev–Trinajstić information content (AvgIpc) is 2.84. The summed E-state index contributed by atoms with van der Waals surface area (Å²) in [5.41, 5.74) is -1.14. The van der Waals surface area contributed by atoms with E-state index in [1.807, 2.05) is 6.92 Å². The first-order chi connectivity index (χ1) is 10.8. The summed E-state index contributed by atoms with van der Waals surface area (Å²) < 4.78 is 22.7. The summed E-state index contributed by atoms with van der Waals surface area (Å²) in [6.07, 6.45) is -0.867. The molecule has 1 aromatic heterocycles. The highest BCUT2D eigenvalue weighted by Gasteiger charge is 2.48. The Kier molecular flexibility index (Phi) is 5.90. The van der Waals surface area contributed by atoms with Crippen molar-refractivity contribution in [2.24, 2.45) is 0 Å². The molecular weight excluding hydrogens is 347 g/mol. The van der Waals surface area contributed by atoms with Crippen molar-refractivity contribution in [3.8, 4) is 0 Å². The van der Waals surface area contributed by atoms with Gasteiger partial charge in [-0.2, -0.15) is 0 Å². The van der Waals surface area contributed by atoms with Crippen molar-refractivity contribution in [2.45, 2.75) is 37.9 Å². The van der Waals surface area contributed by atoms with Gasteiger partial charge in [-0.05, 0) is 18.2 Å². The molecule has 1 fully saturated rings. The second-order valence-electron chi connectivity index (χ2n) is 4.91. The summed E-state index contributed by atoms with van der Waals surface area (Å²) in [5.74, 6) is 0. The number of methoxy groups -OCH3 is 1. The van der Waals surface area contributed by atoms with Crippen molar-refractivity contribution < 1.29 is 23.4 Å². The van der Waals surface area contributed by atoms with E-state index in [4.69, 9.17) is 30.3 Å². The lowest BCUT2D eigenvalue weighted by molar-refractivity contribution is -0.0539. The number of hydrogen-bond donors (Lipinski definition) is 2. The lowest BCUT2D eigenvalue weighted by Gasteiger charge is -2.26. The molecule has 1 saturated heterocycles. The Morgan fingerprint density at radius 3 is 2.65 bits per heavy atom. The highest BCUT2D eigenvalue weighted by Crippen LogP contribution is 2.48. The number of rotatable bonds is 6. The number of nitrogens with zero attached hydrogens (tertiary/aromatic N) is 1. The third-order valence-electron chi connectivity index (χ3n) is 3.57. The maximum Gasteiger partial charge on any atom is 0.330 e. The van der Waals surface area contributed by atoms with E-state index in [9.17, 15) is 14.5 Å². The molecule has 2 N–H and O–H groups in total. The number of aromatic nitrogens is 2. The summed E-state index contributed by atoms with van der Waals surface area (Å²) in [6, 6.07) is 1.21. The fourth-order valence-corrected chi connectivity index (χ4v) is 3.41. The maximum absolute atomic E-state index is 12.0. The molecule has 0 amide bonds. The summed E-state index contributed by atoms with van der Waals surface area (Å²) in [7, 11) is 2.68. The van der Waals surface area contributed by atoms with Gasteiger partial charge in [-0.1, -0.05) is 6.92 Å². The van der Waals surface area contributed by atoms with Gasteiger partial charge >= 0.3 is 12.4 Å². The van der Waals surface area contributed by atoms with Crippen LogP contribution < -0.4 is 11.2 Å². The van der Waals surface area contributed by atoms with Crippen molar-refractivity contribution in [2.75, 3.05) is 14.2 Å². The molecule has 1 aliphatic heterocycles. The first-order valence-electron chi connectivity index (χ1n) is 6.89. The van der Waals surface area contributed by atoms with Gasteiger partial charge in [-0.3, -0.25) is 18.9 Å². The van der Waals surface area contributed by atoms with E-state index in [1.54, 1.807) is 0 Å². The lowest BCUT2D eigenvalue weighted by atomic mass is 10.1. The zero-order valence-electron chi connectivity index (χ0n) is 12.9. The molecular formula is C12H19N2O7PS. The molecule has 0 aliphatic carbocycles. The van der Waals surface area contributed by atoms with Gasteiger partial charge in [0.1, 0.15) is 12.2 Å². The van der Waals surface area contributed by atoms with E-state index in [2.05, 4.69) is 4.98 Å². The van der Waals surface area contributed by atoms with Gasteiger partial charge in [0.25, 0.3) is 5.56 Å². The van der Waals surface area contributed by atoms with Crippen molar-refractivity contribution in [3.05, 3.63) is 33.1 Å². The molecule has 11 heteroatoms. The SMILES string of the molecule is CC[C@H]1O[C@@H](n2ccc(=O)[nH]c2=O)[C@H](OC)[C@@H]1OP(O)(=S)OC. The molecule has 1 aromatic rings. The zero-order valence-corrected chi connectivity index (χ0v) is 14.6. The first kappa shape index (κ1) is 18.5. The Labute approximate surface area is 137 Å². The van der Waals surface area contributed by atoms with Crippen LogP contribution in [0.3, 0.4) is 0 Å². The van der Waals surface area contributed by atoms with Gasteiger partial charge in [0, 0.05) is 26.5 Å². The first-order valence-corrected chi connectivity index (χ1v) is 9.48. The molecule has 1 aliphatic rings. The Morgan fingerprint density at radius 1 is 1.43 bits per heavy atom. The van der Waals surface area contributed by atoms with E-state index in [-0.39, 0.29) is 0 Å². The fraction of sp³-hybridized carbons (Fsp3) is 0.667. The van der Waals surface area contributed by atoms with Crippen LogP contribution in [0.1, 0.15) is 19.6 Å². The summed E-state index contributed by atoms with van der Waals surface area (Å²) in [4.78, 5) is 35.2. The third-order valence-corrected chi connectivity index (χ3v) is 5.25. The smallest absolute Gasteiger partial charge is 0.330 e. The van der Waals surface area contributed by atoms with Crippen LogP contribution in [0.5, 0.6) is 0 Å². The maximum atomic E-state index is 12.0. The second kappa shape index (κ2) is 7.35. The van der Waals surface area contributed by atoms with E-state index < -0.39 is 42.5 Å². The molecule has 5 atom stereocenters. The van der Waals surface area contributed by atoms with Crippen molar-refractivity contribution in [1.29, 1.82) is 0 Å². The van der Waals surface area contributed by atoms with Crippen LogP contribution in [0.2, 0.25) is 0 Å². The quantitative estimate of drug-likeness (QED) is 0.682. The van der Waals surface area contributed by atoms with E-state index in [0.717, 1.165) is 0 Å². The van der Waals surface area contributed by atoms with Crippen LogP contribution in [0, 0.1) is 0 Å². The van der Waals surface area contributed by atoms with Gasteiger partial charge in [0.05, 0.1) is 6.10 Å². The van der Waals surface area contributed by atoms with Crippen molar-refractivity contribution in [1.82, 2.24) is 9.55 Å². The number of ether oxygens (including phenoxy) is 2. The van der Waals surface area contributed by atoms with Gasteiger partial charge < -0.3 is 18.9 Å². The standard InChI is InChI=1S/C12H19N2O7PS/c1-4-7-9(21-22(17,23)19-3)10(18-2)11(20-7)14-6-5-8(15)13-12(14)16/h5-7,9-11H,4H2,1-3H3,(H,17,23)(H,13,15,16)/t7-,9-,10-,11-,22?/m1/s1. The number of nitrogens with one attached hydrogen (secondary N) is 1. The van der Waals surface area contributed by atoms with Crippen LogP contribution in [-0.2, 0) is 30.3 Å². The molecule has 2 heterocycles. The topological polar surface area (TPSA) is 112 Å². The fourth-order valence-electron chi connectivity index (χ4n) is 2.46. The predicted molar refractivity (Wildman–Crippen MR) is 84.7 cm³/mol. The monoisotopic (exact) mass is 366 g/mol. The molecule has 0 spiro atoms. The van der Waals surface area contributed by atoms with Crippen LogP contribution in [0.4, 0.5) is 0 Å². The third kappa shape index (κ3) is 3.97. The summed E-state index contributed by atoms with van der Waals surface area (Å²) >= 11 is 4.88. The zero-order chi connectivity index (χ0) is 17.2. The highest BCUT2D eigenvalue weighted by atomic mass is 32.5. The normalized spacial score (nSPS) is 30.3. The van der Waals surface area contributed by atoms with Crippen molar-refractivity contribution in [3.63, 3.8) is 0 Å². The van der Waals surface area contributed by atoms with Gasteiger partial charge in [-0.15, -0.1) is 0 Å². The Bertz CT molecular complexity index is 705. The van der Waals surface area contributed by atoms with E-state index in [1.165, 1.54) is 31.0 Å². The van der Waals surface area contributed by atoms with Crippen molar-refractivity contribution >= 4 is 18.5 Å². The molecule has 130 valence electrons. The Balaban J connectivity index is 2.37. The van der Waals surface area contributed by atoms with Crippen LogP contribution in [0.25, 0.3) is 0 Å². The van der Waals surface area contributed by atoms with Gasteiger partial charge in [0.15, 0.2) is 6.23 Å². The lowest BCUT2D eigenvalue weighted by Crippen LogP contribution is -2.39. The minimum Gasteiger partial charge on any atom is -0.374 e. The number of H-pyrrole nitrogens is 1. The number of hydrogen-bond acceptors (Lipinski definition) is 7. The molecule has 0 aromatic carbocycles. The van der Waals surface area contributed by atoms with Crippen LogP contribution in [0.15, 0.2) is 21.9 Å². The highest BCUT2D eigenvalue weighted by molar-refractivity contribution is 8.07. The van der Waals surface area contributed by atoms with Crippen LogP contribution in [-0.4, -0.2) is 47.0 Å². The second-order valence-corrected chi connectivity index (χ2v) is 7.81. The summed E-state index contributed by atoms with van der Waals surface area (Å²) in [5, 5.41) is 0. The molecule has 0 bridgehead atoms. The molecule has 9 nitrogen and oxygen atoms in total. The molecule has 23 heavy (non-hydrogen) atoms. The molecule has 2 rings (SSSR count). The minimum absolute atomic E-state index is 0.464. The van der Waals surface area contributed by atoms with Gasteiger partial charge in [-0.25, -0.2) is 4.79 Å². The summed E-state index contributed by atoms with van der Waals surface area (Å²) in [6.45, 7) is -1.57. The minimum atomic E-state index is -3.43. The van der Waals surface area contributed by atoms with Gasteiger partial charge in [0.2, 0.25) is 0 Å². The largest absolute Gasteiger partial charge is 0.374 e. The Morgan fingerprint density at radius 2 is 2.13 bits per heavy atom. The molecule has 0 radical (unpaired) electrons. The van der Waals surface area contributed by atoms with E-state index >= 15 is 0 Å². The number of aromatic amines is 1. The predicted octanol–water partition coefficient (Wildman–Crippen LogP) is 0.107. The average molecular weight is 366 g/mol. The molecule has 0 saturated carbocycles. The van der Waals surface area contributed by atoms with E-state index in [0.29, 0.717) is 6.42 Å². The Hall–Kier alpha value is -0.870.